The Kier molecular flexibility index (Phi) is 1.65. The van der Waals surface area contributed by atoms with Gasteiger partial charge >= 0.3 is 0 Å². The summed E-state index contributed by atoms with van der Waals surface area (Å²) >= 11 is 0. The SMILES string of the molecule is Cc1ccnc2[nH]c(=O)cc(C)c12. The summed E-state index contributed by atoms with van der Waals surface area (Å²) in [6, 6.07) is 3.53. The fourth-order valence-electron chi connectivity index (χ4n) is 1.57. The standard InChI is InChI=1S/C10H10N2O/c1-6-3-4-11-10-9(6)7(2)5-8(13)12-10/h3-5H,1-2H3,(H,11,12,13). The minimum absolute atomic E-state index is 0.0944. The van der Waals surface area contributed by atoms with Crippen LogP contribution in [0.2, 0.25) is 0 Å². The maximum Gasteiger partial charge on any atom is 0.249 e. The van der Waals surface area contributed by atoms with E-state index in [1.165, 1.54) is 0 Å². The van der Waals surface area contributed by atoms with Gasteiger partial charge in [0.2, 0.25) is 5.56 Å². The average Bonchev–Trinajstić information content (AvgIpc) is 2.02. The van der Waals surface area contributed by atoms with Crippen molar-refractivity contribution in [2.45, 2.75) is 13.8 Å². The van der Waals surface area contributed by atoms with E-state index in [1.54, 1.807) is 12.3 Å². The summed E-state index contributed by atoms with van der Waals surface area (Å²) in [6.07, 6.45) is 1.70. The predicted octanol–water partition coefficient (Wildman–Crippen LogP) is 1.54. The maximum atomic E-state index is 11.1. The lowest BCUT2D eigenvalue weighted by atomic mass is 10.1. The minimum atomic E-state index is -0.0944. The van der Waals surface area contributed by atoms with Gasteiger partial charge in [0.1, 0.15) is 5.65 Å². The fourth-order valence-corrected chi connectivity index (χ4v) is 1.57. The molecule has 3 nitrogen and oxygen atoms in total. The van der Waals surface area contributed by atoms with Crippen molar-refractivity contribution in [3.05, 3.63) is 39.8 Å². The molecule has 0 atom stereocenters. The third-order valence-corrected chi connectivity index (χ3v) is 2.14. The Labute approximate surface area is 75.4 Å². The largest absolute Gasteiger partial charge is 0.307 e. The van der Waals surface area contributed by atoms with Crippen LogP contribution in [0, 0.1) is 13.8 Å². The van der Waals surface area contributed by atoms with Gasteiger partial charge in [0.25, 0.3) is 0 Å². The minimum Gasteiger partial charge on any atom is -0.307 e. The van der Waals surface area contributed by atoms with Gasteiger partial charge in [-0.25, -0.2) is 4.98 Å². The first kappa shape index (κ1) is 7.98. The van der Waals surface area contributed by atoms with Crippen LogP contribution >= 0.6 is 0 Å². The van der Waals surface area contributed by atoms with Crippen LogP contribution in [0.1, 0.15) is 11.1 Å². The molecule has 0 amide bonds. The van der Waals surface area contributed by atoms with Crippen molar-refractivity contribution in [2.75, 3.05) is 0 Å². The topological polar surface area (TPSA) is 45.8 Å². The first-order valence-corrected chi connectivity index (χ1v) is 4.14. The zero-order valence-corrected chi connectivity index (χ0v) is 7.59. The molecule has 0 spiro atoms. The second kappa shape index (κ2) is 2.69. The van der Waals surface area contributed by atoms with Crippen LogP contribution in [0.5, 0.6) is 0 Å². The van der Waals surface area contributed by atoms with Gasteiger partial charge < -0.3 is 4.98 Å². The zero-order chi connectivity index (χ0) is 9.42. The Morgan fingerprint density at radius 2 is 2.08 bits per heavy atom. The number of H-pyrrole nitrogens is 1. The molecule has 2 aromatic heterocycles. The van der Waals surface area contributed by atoms with Crippen LogP contribution < -0.4 is 5.56 Å². The van der Waals surface area contributed by atoms with E-state index in [2.05, 4.69) is 9.97 Å². The first-order chi connectivity index (χ1) is 6.18. The summed E-state index contributed by atoms with van der Waals surface area (Å²) in [4.78, 5) is 17.9. The molecular weight excluding hydrogens is 164 g/mol. The maximum absolute atomic E-state index is 11.1. The molecule has 66 valence electrons. The van der Waals surface area contributed by atoms with Crippen LogP contribution in [0.3, 0.4) is 0 Å². The summed E-state index contributed by atoms with van der Waals surface area (Å²) in [7, 11) is 0. The Morgan fingerprint density at radius 3 is 2.85 bits per heavy atom. The van der Waals surface area contributed by atoms with Crippen LogP contribution in [0.4, 0.5) is 0 Å². The van der Waals surface area contributed by atoms with E-state index in [1.807, 2.05) is 19.9 Å². The highest BCUT2D eigenvalue weighted by Gasteiger charge is 2.02. The molecule has 1 N–H and O–H groups in total. The highest BCUT2D eigenvalue weighted by atomic mass is 16.1. The molecule has 13 heavy (non-hydrogen) atoms. The summed E-state index contributed by atoms with van der Waals surface area (Å²) < 4.78 is 0. The number of nitrogens with zero attached hydrogens (tertiary/aromatic N) is 1. The van der Waals surface area contributed by atoms with E-state index in [0.29, 0.717) is 5.65 Å². The molecule has 0 aliphatic heterocycles. The summed E-state index contributed by atoms with van der Waals surface area (Å²) in [5.74, 6) is 0. The summed E-state index contributed by atoms with van der Waals surface area (Å²) in [5, 5.41) is 1.04. The van der Waals surface area contributed by atoms with Crippen LogP contribution in [0.25, 0.3) is 11.0 Å². The first-order valence-electron chi connectivity index (χ1n) is 4.14. The molecule has 2 heterocycles. The molecule has 0 unspecified atom stereocenters. The van der Waals surface area contributed by atoms with Gasteiger partial charge in [-0.3, -0.25) is 4.79 Å². The van der Waals surface area contributed by atoms with Crippen LogP contribution in [-0.2, 0) is 0 Å². The van der Waals surface area contributed by atoms with E-state index in [-0.39, 0.29) is 5.56 Å². The van der Waals surface area contributed by atoms with E-state index < -0.39 is 0 Å². The van der Waals surface area contributed by atoms with Crippen molar-refractivity contribution in [1.29, 1.82) is 0 Å². The number of aromatic nitrogens is 2. The number of aromatic amines is 1. The molecule has 2 rings (SSSR count). The van der Waals surface area contributed by atoms with Gasteiger partial charge in [-0.15, -0.1) is 0 Å². The summed E-state index contributed by atoms with van der Waals surface area (Å²) in [6.45, 7) is 3.93. The third kappa shape index (κ3) is 1.22. The molecular formula is C10H10N2O. The smallest absolute Gasteiger partial charge is 0.249 e. The van der Waals surface area contributed by atoms with Crippen molar-refractivity contribution in [3.8, 4) is 0 Å². The van der Waals surface area contributed by atoms with Crippen molar-refractivity contribution in [2.24, 2.45) is 0 Å². The molecule has 2 aromatic rings. The van der Waals surface area contributed by atoms with Gasteiger partial charge in [-0.2, -0.15) is 0 Å². The fraction of sp³-hybridized carbons (Fsp3) is 0.200. The molecule has 0 fully saturated rings. The van der Waals surface area contributed by atoms with E-state index in [9.17, 15) is 4.79 Å². The molecule has 0 radical (unpaired) electrons. The predicted molar refractivity (Wildman–Crippen MR) is 51.8 cm³/mol. The number of aryl methyl sites for hydroxylation is 2. The van der Waals surface area contributed by atoms with Gasteiger partial charge in [-0.1, -0.05) is 0 Å². The Bertz CT molecular complexity index is 514. The molecule has 0 saturated carbocycles. The number of pyridine rings is 2. The second-order valence-corrected chi connectivity index (χ2v) is 3.17. The number of nitrogens with one attached hydrogen (secondary N) is 1. The quantitative estimate of drug-likeness (QED) is 0.658. The van der Waals surface area contributed by atoms with Crippen molar-refractivity contribution in [3.63, 3.8) is 0 Å². The van der Waals surface area contributed by atoms with E-state index >= 15 is 0 Å². The number of fused-ring (bicyclic) bond motifs is 1. The monoisotopic (exact) mass is 174 g/mol. The van der Waals surface area contributed by atoms with Crippen LogP contribution in [-0.4, -0.2) is 9.97 Å². The van der Waals surface area contributed by atoms with Gasteiger partial charge in [0, 0.05) is 17.6 Å². The lowest BCUT2D eigenvalue weighted by Crippen LogP contribution is -2.06. The zero-order valence-electron chi connectivity index (χ0n) is 7.59. The van der Waals surface area contributed by atoms with E-state index in [4.69, 9.17) is 0 Å². The molecule has 0 aliphatic carbocycles. The lowest BCUT2D eigenvalue weighted by molar-refractivity contribution is 1.20. The molecule has 0 aromatic carbocycles. The van der Waals surface area contributed by atoms with Crippen molar-refractivity contribution < 1.29 is 0 Å². The van der Waals surface area contributed by atoms with Gasteiger partial charge in [0.15, 0.2) is 0 Å². The Morgan fingerprint density at radius 1 is 1.31 bits per heavy atom. The van der Waals surface area contributed by atoms with Gasteiger partial charge in [-0.05, 0) is 31.0 Å². The number of hydrogen-bond donors (Lipinski definition) is 1. The molecule has 0 saturated heterocycles. The highest BCUT2D eigenvalue weighted by Crippen LogP contribution is 2.15. The normalized spacial score (nSPS) is 10.6. The average molecular weight is 174 g/mol. The van der Waals surface area contributed by atoms with Crippen LogP contribution in [0.15, 0.2) is 23.1 Å². The molecule has 0 aliphatic rings. The number of hydrogen-bond acceptors (Lipinski definition) is 2. The van der Waals surface area contributed by atoms with Crippen molar-refractivity contribution >= 4 is 11.0 Å². The Hall–Kier alpha value is -1.64. The molecule has 3 heteroatoms. The molecule has 0 bridgehead atoms. The Balaban J connectivity index is 3.03. The highest BCUT2D eigenvalue weighted by molar-refractivity contribution is 5.81. The second-order valence-electron chi connectivity index (χ2n) is 3.17. The third-order valence-electron chi connectivity index (χ3n) is 2.14. The van der Waals surface area contributed by atoms with Crippen molar-refractivity contribution in [1.82, 2.24) is 9.97 Å². The lowest BCUT2D eigenvalue weighted by Gasteiger charge is -2.02. The van der Waals surface area contributed by atoms with E-state index in [0.717, 1.165) is 16.5 Å². The van der Waals surface area contributed by atoms with Gasteiger partial charge in [0.05, 0.1) is 0 Å². The summed E-state index contributed by atoms with van der Waals surface area (Å²) in [5.41, 5.74) is 2.69. The number of rotatable bonds is 0.